The van der Waals surface area contributed by atoms with E-state index in [1.54, 1.807) is 3.58 Å². The molecule has 0 aliphatic rings. The Hall–Kier alpha value is -1.75. The van der Waals surface area contributed by atoms with E-state index < -0.39 is 18.4 Å². The van der Waals surface area contributed by atoms with E-state index in [-0.39, 0.29) is 0 Å². The summed E-state index contributed by atoms with van der Waals surface area (Å²) in [5.41, 5.74) is 3.78. The monoisotopic (exact) mass is 523 g/mol. The molecule has 164 valence electrons. The van der Waals surface area contributed by atoms with Crippen molar-refractivity contribution in [3.63, 3.8) is 0 Å². The van der Waals surface area contributed by atoms with Crippen LogP contribution in [-0.2, 0) is 0 Å². The molecule has 0 aliphatic carbocycles. The van der Waals surface area contributed by atoms with Gasteiger partial charge < -0.3 is 0 Å². The maximum absolute atomic E-state index is 4.92. The van der Waals surface area contributed by atoms with Crippen LogP contribution in [0.3, 0.4) is 0 Å². The first-order valence-electron chi connectivity index (χ1n) is 12.1. The van der Waals surface area contributed by atoms with Gasteiger partial charge in [0.15, 0.2) is 0 Å². The van der Waals surface area contributed by atoms with Crippen molar-refractivity contribution in [1.82, 2.24) is 15.0 Å². The van der Waals surface area contributed by atoms with Crippen LogP contribution in [0.25, 0.3) is 22.8 Å². The second kappa shape index (κ2) is 12.3. The number of nitrogens with zero attached hydrogens (tertiary/aromatic N) is 3. The molecule has 0 amide bonds. The van der Waals surface area contributed by atoms with Crippen molar-refractivity contribution >= 4 is 22.0 Å². The zero-order valence-corrected chi connectivity index (χ0v) is 22.3. The van der Waals surface area contributed by atoms with Crippen LogP contribution < -0.4 is 3.58 Å². The van der Waals surface area contributed by atoms with Crippen molar-refractivity contribution in [1.29, 1.82) is 0 Å². The SMILES string of the molecule is CCC[CH2][Sn]([CH2]CCC)([CH2]CCC)[c]1ccnc(-c2cccc(-c3ccccn3)n2)c1. The van der Waals surface area contributed by atoms with Gasteiger partial charge in [0.1, 0.15) is 0 Å². The predicted octanol–water partition coefficient (Wildman–Crippen LogP) is 7.26. The van der Waals surface area contributed by atoms with Crippen LogP contribution in [0, 0.1) is 0 Å². The molecule has 0 saturated carbocycles. The molecule has 0 aliphatic heterocycles. The summed E-state index contributed by atoms with van der Waals surface area (Å²) in [4.78, 5) is 14.1. The Balaban J connectivity index is 1.99. The molecule has 3 nitrogen and oxygen atoms in total. The Labute approximate surface area is 192 Å². The van der Waals surface area contributed by atoms with Crippen molar-refractivity contribution in [2.24, 2.45) is 0 Å². The first kappa shape index (κ1) is 23.9. The fourth-order valence-corrected chi connectivity index (χ4v) is 20.4. The number of hydrogen-bond donors (Lipinski definition) is 0. The summed E-state index contributed by atoms with van der Waals surface area (Å²) in [6, 6.07) is 16.9. The summed E-state index contributed by atoms with van der Waals surface area (Å²) < 4.78 is 6.06. The average molecular weight is 522 g/mol. The van der Waals surface area contributed by atoms with Gasteiger partial charge >= 0.3 is 193 Å². The Morgan fingerprint density at radius 2 is 1.19 bits per heavy atom. The molecule has 0 fully saturated rings. The van der Waals surface area contributed by atoms with Gasteiger partial charge in [-0.2, -0.15) is 0 Å². The van der Waals surface area contributed by atoms with E-state index in [1.165, 1.54) is 51.8 Å². The Bertz CT molecular complexity index is 905. The molecule has 3 aromatic rings. The van der Waals surface area contributed by atoms with Crippen LogP contribution in [0.4, 0.5) is 0 Å². The molecule has 3 aromatic heterocycles. The van der Waals surface area contributed by atoms with Crippen molar-refractivity contribution < 1.29 is 0 Å². The molecular weight excluding hydrogens is 485 g/mol. The molecule has 31 heavy (non-hydrogen) atoms. The number of aromatic nitrogens is 3. The Kier molecular flexibility index (Phi) is 9.50. The van der Waals surface area contributed by atoms with Crippen LogP contribution >= 0.6 is 0 Å². The minimum absolute atomic E-state index is 0.905. The molecule has 0 radical (unpaired) electrons. The number of hydrogen-bond acceptors (Lipinski definition) is 3. The minimum atomic E-state index is -2.48. The molecule has 0 N–H and O–H groups in total. The predicted molar refractivity (Wildman–Crippen MR) is 135 cm³/mol. The van der Waals surface area contributed by atoms with Crippen molar-refractivity contribution in [2.75, 3.05) is 0 Å². The quantitative estimate of drug-likeness (QED) is 0.235. The maximum atomic E-state index is 4.92. The van der Waals surface area contributed by atoms with Crippen molar-refractivity contribution in [2.45, 2.75) is 72.6 Å². The fourth-order valence-electron chi connectivity index (χ4n) is 4.49. The number of unbranched alkanes of at least 4 members (excludes halogenated alkanes) is 3. The van der Waals surface area contributed by atoms with E-state index in [0.717, 1.165) is 22.8 Å². The first-order valence-corrected chi connectivity index (χ1v) is 19.6. The van der Waals surface area contributed by atoms with E-state index in [2.05, 4.69) is 50.0 Å². The zero-order chi connectivity index (χ0) is 21.9. The zero-order valence-electron chi connectivity index (χ0n) is 19.5. The van der Waals surface area contributed by atoms with E-state index in [0.29, 0.717) is 0 Å². The molecule has 0 bridgehead atoms. The van der Waals surface area contributed by atoms with Gasteiger partial charge in [-0.15, -0.1) is 0 Å². The van der Waals surface area contributed by atoms with Crippen LogP contribution in [0.1, 0.15) is 59.3 Å². The van der Waals surface area contributed by atoms with E-state index in [1.807, 2.05) is 36.7 Å². The van der Waals surface area contributed by atoms with E-state index in [9.17, 15) is 0 Å². The third-order valence-corrected chi connectivity index (χ3v) is 21.9. The number of rotatable bonds is 12. The number of pyridine rings is 3. The van der Waals surface area contributed by atoms with Gasteiger partial charge in [-0.1, -0.05) is 0 Å². The molecule has 4 heteroatoms. The molecule has 0 saturated heterocycles. The molecule has 3 heterocycles. The molecule has 0 atom stereocenters. The van der Waals surface area contributed by atoms with Crippen LogP contribution in [0.15, 0.2) is 60.9 Å². The summed E-state index contributed by atoms with van der Waals surface area (Å²) in [6.45, 7) is 7.00. The van der Waals surface area contributed by atoms with Gasteiger partial charge in [0.2, 0.25) is 0 Å². The van der Waals surface area contributed by atoms with Gasteiger partial charge in [-0.05, 0) is 0 Å². The summed E-state index contributed by atoms with van der Waals surface area (Å²) >= 11 is -2.48. The molecule has 3 rings (SSSR count). The van der Waals surface area contributed by atoms with Gasteiger partial charge in [0, 0.05) is 0 Å². The van der Waals surface area contributed by atoms with Crippen LogP contribution in [0.5, 0.6) is 0 Å². The second-order valence-electron chi connectivity index (χ2n) is 8.64. The molecule has 0 spiro atoms. The third-order valence-electron chi connectivity index (χ3n) is 6.34. The second-order valence-corrected chi connectivity index (χ2v) is 21.9. The van der Waals surface area contributed by atoms with Gasteiger partial charge in [-0.25, -0.2) is 0 Å². The van der Waals surface area contributed by atoms with Crippen LogP contribution in [-0.4, -0.2) is 33.3 Å². The van der Waals surface area contributed by atoms with Gasteiger partial charge in [0.05, 0.1) is 0 Å². The van der Waals surface area contributed by atoms with E-state index >= 15 is 0 Å². The van der Waals surface area contributed by atoms with Crippen LogP contribution in [0.2, 0.25) is 13.3 Å². The average Bonchev–Trinajstić information content (AvgIpc) is 2.84. The van der Waals surface area contributed by atoms with Gasteiger partial charge in [-0.3, -0.25) is 0 Å². The topological polar surface area (TPSA) is 38.7 Å². The first-order chi connectivity index (χ1) is 15.2. The normalized spacial score (nSPS) is 11.6. The third kappa shape index (κ3) is 6.38. The van der Waals surface area contributed by atoms with Crippen molar-refractivity contribution in [3.05, 3.63) is 60.9 Å². The van der Waals surface area contributed by atoms with E-state index in [4.69, 9.17) is 9.97 Å². The standard InChI is InChI=1S/C15H10N3.3C4H9.Sn/c1-3-10-16-12(6-1)14-8-5-9-15(18-14)13-7-2-4-11-17-13;3*1-3-4-2;/h1,3-11H;3*1,3-4H2,2H3;. The summed E-state index contributed by atoms with van der Waals surface area (Å²) in [6.07, 6.45) is 11.8. The fraction of sp³-hybridized carbons (Fsp3) is 0.444. The van der Waals surface area contributed by atoms with Crippen molar-refractivity contribution in [3.8, 4) is 22.8 Å². The summed E-state index contributed by atoms with van der Waals surface area (Å²) in [5.74, 6) is 0. The van der Waals surface area contributed by atoms with Gasteiger partial charge in [0.25, 0.3) is 0 Å². The molecular formula is C27H37N3Sn. The summed E-state index contributed by atoms with van der Waals surface area (Å²) in [7, 11) is 0. The summed E-state index contributed by atoms with van der Waals surface area (Å²) in [5, 5.41) is 0. The molecule has 0 aromatic carbocycles. The Morgan fingerprint density at radius 3 is 1.77 bits per heavy atom. The molecule has 0 unspecified atom stereocenters. The Morgan fingerprint density at radius 1 is 0.613 bits per heavy atom.